The van der Waals surface area contributed by atoms with Gasteiger partial charge in [0, 0.05) is 0 Å². The zero-order valence-corrected chi connectivity index (χ0v) is 10.4. The molecule has 9 heteroatoms. The third-order valence-corrected chi connectivity index (χ3v) is 3.75. The number of alkyl halides is 1. The van der Waals surface area contributed by atoms with Crippen molar-refractivity contribution in [2.75, 3.05) is 32.5 Å². The number of methoxy groups -OCH3 is 2. The van der Waals surface area contributed by atoms with Gasteiger partial charge in [-0.25, -0.2) is 8.42 Å². The highest BCUT2D eigenvalue weighted by molar-refractivity contribution is 7.90. The zero-order valence-electron chi connectivity index (χ0n) is 8.80. The number of hydrogen-bond donors (Lipinski definition) is 0. The minimum atomic E-state index is -3.87. The Morgan fingerprint density at radius 1 is 1.12 bits per heavy atom. The topological polar surface area (TPSA) is 90.0 Å². The summed E-state index contributed by atoms with van der Waals surface area (Å²) in [4.78, 5) is 21.9. The maximum Gasteiger partial charge on any atom is 0.321 e. The molecule has 0 N–H and O–H groups in total. The van der Waals surface area contributed by atoms with Crippen LogP contribution in [-0.2, 0) is 29.1 Å². The molecule has 0 aliphatic carbocycles. The average molecular weight is 274 g/mol. The Labute approximate surface area is 98.3 Å². The maximum atomic E-state index is 11.4. The summed E-state index contributed by atoms with van der Waals surface area (Å²) in [5.41, 5.74) is 0. The van der Waals surface area contributed by atoms with Crippen LogP contribution >= 0.6 is 11.6 Å². The van der Waals surface area contributed by atoms with Crippen LogP contribution < -0.4 is 0 Å². The smallest absolute Gasteiger partial charge is 0.321 e. The number of ether oxygens (including phenoxy) is 2. The molecule has 0 amide bonds. The van der Waals surface area contributed by atoms with Crippen molar-refractivity contribution in [1.82, 2.24) is 4.31 Å². The Morgan fingerprint density at radius 3 is 1.75 bits per heavy atom. The minimum Gasteiger partial charge on any atom is -0.468 e. The number of halogens is 1. The lowest BCUT2D eigenvalue weighted by Gasteiger charge is -2.17. The van der Waals surface area contributed by atoms with Gasteiger partial charge in [0.05, 0.1) is 14.2 Å². The molecule has 0 radical (unpaired) electrons. The Kier molecular flexibility index (Phi) is 6.31. The first-order chi connectivity index (χ1) is 7.37. The van der Waals surface area contributed by atoms with Gasteiger partial charge in [-0.3, -0.25) is 9.59 Å². The van der Waals surface area contributed by atoms with Crippen LogP contribution in [0.5, 0.6) is 0 Å². The van der Waals surface area contributed by atoms with E-state index >= 15 is 0 Å². The van der Waals surface area contributed by atoms with E-state index in [1.54, 1.807) is 0 Å². The van der Waals surface area contributed by atoms with Crippen molar-refractivity contribution in [3.63, 3.8) is 0 Å². The van der Waals surface area contributed by atoms with Gasteiger partial charge in [-0.05, 0) is 0 Å². The number of esters is 2. The summed E-state index contributed by atoms with van der Waals surface area (Å²) in [6, 6.07) is 0. The van der Waals surface area contributed by atoms with Gasteiger partial charge in [0.15, 0.2) is 0 Å². The van der Waals surface area contributed by atoms with Gasteiger partial charge in [-0.2, -0.15) is 4.31 Å². The second-order valence-electron chi connectivity index (χ2n) is 2.64. The van der Waals surface area contributed by atoms with E-state index in [1.807, 2.05) is 0 Å². The van der Waals surface area contributed by atoms with Crippen LogP contribution in [0.3, 0.4) is 0 Å². The molecule has 0 rings (SSSR count). The summed E-state index contributed by atoms with van der Waals surface area (Å²) < 4.78 is 31.9. The summed E-state index contributed by atoms with van der Waals surface area (Å²) in [5, 5.41) is -0.735. The van der Waals surface area contributed by atoms with Crippen molar-refractivity contribution in [2.45, 2.75) is 0 Å². The summed E-state index contributed by atoms with van der Waals surface area (Å²) in [5.74, 6) is -1.59. The van der Waals surface area contributed by atoms with Crippen molar-refractivity contribution in [1.29, 1.82) is 0 Å². The third-order valence-electron chi connectivity index (χ3n) is 1.60. The number of hydrogen-bond acceptors (Lipinski definition) is 6. The lowest BCUT2D eigenvalue weighted by Crippen LogP contribution is -2.40. The van der Waals surface area contributed by atoms with E-state index < -0.39 is 40.3 Å². The number of carbonyl (C=O) groups is 2. The molecule has 0 aromatic heterocycles. The van der Waals surface area contributed by atoms with Crippen LogP contribution in [0.1, 0.15) is 0 Å². The maximum absolute atomic E-state index is 11.4. The van der Waals surface area contributed by atoms with Crippen LogP contribution in [0.15, 0.2) is 0 Å². The predicted molar refractivity (Wildman–Crippen MR) is 55.2 cm³/mol. The molecular weight excluding hydrogens is 262 g/mol. The van der Waals surface area contributed by atoms with Crippen LogP contribution in [0, 0.1) is 0 Å². The molecule has 0 atom stereocenters. The fourth-order valence-corrected chi connectivity index (χ4v) is 1.89. The van der Waals surface area contributed by atoms with Crippen LogP contribution in [-0.4, -0.2) is 57.2 Å². The molecule has 0 saturated heterocycles. The lowest BCUT2D eigenvalue weighted by atomic mass is 10.6. The second kappa shape index (κ2) is 6.66. The minimum absolute atomic E-state index is 0.583. The Balaban J connectivity index is 4.77. The number of rotatable bonds is 6. The highest BCUT2D eigenvalue weighted by atomic mass is 35.5. The van der Waals surface area contributed by atoms with Gasteiger partial charge < -0.3 is 9.47 Å². The summed E-state index contributed by atoms with van der Waals surface area (Å²) in [6.45, 7) is -1.17. The first-order valence-corrected chi connectivity index (χ1v) is 6.19. The van der Waals surface area contributed by atoms with Gasteiger partial charge in [0.1, 0.15) is 18.3 Å². The standard InChI is InChI=1S/C7H12ClNO6S/c1-14-6(10)3-9(4-7(11)15-2)16(12,13)5-8/h3-5H2,1-2H3. The van der Waals surface area contributed by atoms with Gasteiger partial charge in [0.2, 0.25) is 10.0 Å². The van der Waals surface area contributed by atoms with Gasteiger partial charge in [-0.1, -0.05) is 0 Å². The van der Waals surface area contributed by atoms with Crippen LogP contribution in [0.4, 0.5) is 0 Å². The SMILES string of the molecule is COC(=O)CN(CC(=O)OC)S(=O)(=O)CCl. The molecular formula is C7H12ClNO6S. The molecule has 0 aromatic carbocycles. The number of sulfonamides is 1. The van der Waals surface area contributed by atoms with Gasteiger partial charge >= 0.3 is 11.9 Å². The molecule has 0 aliphatic rings. The number of carbonyl (C=O) groups excluding carboxylic acids is 2. The van der Waals surface area contributed by atoms with Crippen LogP contribution in [0.2, 0.25) is 0 Å². The fraction of sp³-hybridized carbons (Fsp3) is 0.714. The van der Waals surface area contributed by atoms with Crippen molar-refractivity contribution in [3.05, 3.63) is 0 Å². The fourth-order valence-electron chi connectivity index (χ4n) is 0.739. The predicted octanol–water partition coefficient (Wildman–Crippen LogP) is -0.839. The molecule has 0 bridgehead atoms. The third kappa shape index (κ3) is 4.77. The van der Waals surface area contributed by atoms with E-state index in [2.05, 4.69) is 9.47 Å². The zero-order chi connectivity index (χ0) is 12.8. The van der Waals surface area contributed by atoms with Crippen molar-refractivity contribution >= 4 is 33.6 Å². The highest BCUT2D eigenvalue weighted by Gasteiger charge is 2.26. The normalized spacial score (nSPS) is 11.2. The summed E-state index contributed by atoms with van der Waals surface area (Å²) in [6.07, 6.45) is 0. The van der Waals surface area contributed by atoms with Crippen molar-refractivity contribution in [2.24, 2.45) is 0 Å². The Bertz CT molecular complexity index is 336. The van der Waals surface area contributed by atoms with Gasteiger partial charge in [0.25, 0.3) is 0 Å². The van der Waals surface area contributed by atoms with E-state index in [-0.39, 0.29) is 0 Å². The molecule has 0 aliphatic heterocycles. The largest absolute Gasteiger partial charge is 0.468 e. The molecule has 0 spiro atoms. The monoisotopic (exact) mass is 273 g/mol. The molecule has 0 unspecified atom stereocenters. The first-order valence-electron chi connectivity index (χ1n) is 4.04. The van der Waals surface area contributed by atoms with E-state index in [1.165, 1.54) is 0 Å². The highest BCUT2D eigenvalue weighted by Crippen LogP contribution is 2.04. The molecule has 94 valence electrons. The molecule has 0 saturated carbocycles. The van der Waals surface area contributed by atoms with Gasteiger partial charge in [-0.15, -0.1) is 11.6 Å². The Hall–Kier alpha value is -0.860. The second-order valence-corrected chi connectivity index (χ2v) is 5.19. The van der Waals surface area contributed by atoms with Crippen LogP contribution in [0.25, 0.3) is 0 Å². The summed E-state index contributed by atoms with van der Waals surface area (Å²) >= 11 is 5.21. The molecule has 7 nitrogen and oxygen atoms in total. The van der Waals surface area contributed by atoms with Crippen molar-refractivity contribution < 1.29 is 27.5 Å². The Morgan fingerprint density at radius 2 is 1.50 bits per heavy atom. The van der Waals surface area contributed by atoms with E-state index in [0.717, 1.165) is 14.2 Å². The lowest BCUT2D eigenvalue weighted by molar-refractivity contribution is -0.143. The number of nitrogens with zero attached hydrogens (tertiary/aromatic N) is 1. The summed E-state index contributed by atoms with van der Waals surface area (Å²) in [7, 11) is -1.67. The molecule has 0 heterocycles. The van der Waals surface area contributed by atoms with E-state index in [9.17, 15) is 18.0 Å². The first kappa shape index (κ1) is 15.1. The van der Waals surface area contributed by atoms with E-state index in [4.69, 9.17) is 11.6 Å². The molecule has 16 heavy (non-hydrogen) atoms. The average Bonchev–Trinajstić information content (AvgIpc) is 2.27. The quantitative estimate of drug-likeness (QED) is 0.463. The van der Waals surface area contributed by atoms with E-state index in [0.29, 0.717) is 4.31 Å². The molecule has 0 aromatic rings. The van der Waals surface area contributed by atoms with Crippen molar-refractivity contribution in [3.8, 4) is 0 Å². The molecule has 0 fully saturated rings.